The van der Waals surface area contributed by atoms with Gasteiger partial charge in [-0.15, -0.1) is 0 Å². The van der Waals surface area contributed by atoms with Crippen molar-refractivity contribution < 1.29 is 23.0 Å². The molecular formula is C14H19F2NO3. The number of carbonyl (C=O) groups excluding carboxylic acids is 1. The first kappa shape index (κ1) is 16.4. The summed E-state index contributed by atoms with van der Waals surface area (Å²) in [7, 11) is 0. The molecule has 112 valence electrons. The molecule has 0 aliphatic carbocycles. The minimum atomic E-state index is -1.10. The van der Waals surface area contributed by atoms with Crippen LogP contribution in [0.2, 0.25) is 0 Å². The molecule has 0 aliphatic rings. The molecule has 20 heavy (non-hydrogen) atoms. The van der Waals surface area contributed by atoms with Crippen LogP contribution in [0.4, 0.5) is 8.78 Å². The molecular weight excluding hydrogens is 268 g/mol. The predicted molar refractivity (Wildman–Crippen MR) is 70.3 cm³/mol. The molecule has 0 bridgehead atoms. The molecule has 4 nitrogen and oxygen atoms in total. The molecule has 0 spiro atoms. The minimum absolute atomic E-state index is 0.0266. The fourth-order valence-corrected chi connectivity index (χ4v) is 1.61. The lowest BCUT2D eigenvalue weighted by atomic mass is 9.98. The van der Waals surface area contributed by atoms with Gasteiger partial charge in [-0.1, -0.05) is 0 Å². The van der Waals surface area contributed by atoms with Gasteiger partial charge in [0.05, 0.1) is 13.2 Å². The molecule has 2 N–H and O–H groups in total. The Kier molecular flexibility index (Phi) is 5.88. The second kappa shape index (κ2) is 7.19. The summed E-state index contributed by atoms with van der Waals surface area (Å²) in [5.41, 5.74) is 4.73. The van der Waals surface area contributed by atoms with Crippen LogP contribution in [-0.4, -0.2) is 24.7 Å². The minimum Gasteiger partial charge on any atom is -0.491 e. The van der Waals surface area contributed by atoms with Crippen LogP contribution in [0, 0.1) is 11.6 Å². The van der Waals surface area contributed by atoms with E-state index in [4.69, 9.17) is 15.2 Å². The molecule has 1 aromatic rings. The van der Waals surface area contributed by atoms with E-state index in [0.29, 0.717) is 12.8 Å². The Hall–Kier alpha value is -1.69. The number of ether oxygens (including phenoxy) is 2. The van der Waals surface area contributed by atoms with Crippen LogP contribution in [0.5, 0.6) is 5.75 Å². The van der Waals surface area contributed by atoms with Crippen LogP contribution in [0.1, 0.15) is 26.7 Å². The van der Waals surface area contributed by atoms with Crippen LogP contribution in [-0.2, 0) is 9.53 Å². The topological polar surface area (TPSA) is 61.5 Å². The Morgan fingerprint density at radius 1 is 1.40 bits per heavy atom. The van der Waals surface area contributed by atoms with Crippen molar-refractivity contribution in [3.05, 3.63) is 29.8 Å². The summed E-state index contributed by atoms with van der Waals surface area (Å²) < 4.78 is 36.0. The highest BCUT2D eigenvalue weighted by molar-refractivity contribution is 5.79. The summed E-state index contributed by atoms with van der Waals surface area (Å²) in [6, 6.07) is 3.09. The molecule has 1 atom stereocenters. The molecule has 0 amide bonds. The number of carbonyl (C=O) groups is 1. The second-order valence-corrected chi connectivity index (χ2v) is 4.66. The van der Waals surface area contributed by atoms with E-state index in [9.17, 15) is 13.6 Å². The monoisotopic (exact) mass is 287 g/mol. The van der Waals surface area contributed by atoms with E-state index < -0.39 is 23.1 Å². The summed E-state index contributed by atoms with van der Waals surface area (Å²) in [6.07, 6.45) is 0.789. The largest absolute Gasteiger partial charge is 0.491 e. The Morgan fingerprint density at radius 2 is 2.10 bits per heavy atom. The average molecular weight is 287 g/mol. The zero-order chi connectivity index (χ0) is 15.2. The molecule has 1 unspecified atom stereocenters. The Labute approximate surface area is 116 Å². The normalized spacial score (nSPS) is 13.7. The summed E-state index contributed by atoms with van der Waals surface area (Å²) in [5.74, 6) is -1.92. The lowest BCUT2D eigenvalue weighted by Gasteiger charge is -2.22. The third kappa shape index (κ3) is 4.77. The predicted octanol–water partition coefficient (Wildman–Crippen LogP) is 2.40. The number of hydrogen-bond donors (Lipinski definition) is 1. The van der Waals surface area contributed by atoms with Gasteiger partial charge in [-0.2, -0.15) is 0 Å². The number of halogens is 2. The summed E-state index contributed by atoms with van der Waals surface area (Å²) in [5, 5.41) is 0. The summed E-state index contributed by atoms with van der Waals surface area (Å²) >= 11 is 0. The second-order valence-electron chi connectivity index (χ2n) is 4.66. The first-order valence-electron chi connectivity index (χ1n) is 6.41. The van der Waals surface area contributed by atoms with Gasteiger partial charge in [0.15, 0.2) is 11.6 Å². The van der Waals surface area contributed by atoms with Gasteiger partial charge in [0, 0.05) is 6.07 Å². The van der Waals surface area contributed by atoms with Crippen molar-refractivity contribution in [3.8, 4) is 5.75 Å². The van der Waals surface area contributed by atoms with Crippen LogP contribution < -0.4 is 10.5 Å². The van der Waals surface area contributed by atoms with Gasteiger partial charge in [0.25, 0.3) is 0 Å². The van der Waals surface area contributed by atoms with Gasteiger partial charge in [-0.3, -0.25) is 4.79 Å². The molecule has 0 fully saturated rings. The SMILES string of the molecule is CCOC(=O)C(C)(N)CCCOc1ccc(F)cc1F. The van der Waals surface area contributed by atoms with E-state index in [0.717, 1.165) is 12.1 Å². The van der Waals surface area contributed by atoms with Gasteiger partial charge in [-0.05, 0) is 38.8 Å². The Balaban J connectivity index is 2.39. The third-order valence-electron chi connectivity index (χ3n) is 2.73. The van der Waals surface area contributed by atoms with Gasteiger partial charge >= 0.3 is 5.97 Å². The highest BCUT2D eigenvalue weighted by Gasteiger charge is 2.29. The standard InChI is InChI=1S/C14H19F2NO3/c1-3-19-13(18)14(2,17)7-4-8-20-12-6-5-10(15)9-11(12)16/h5-6,9H,3-4,7-8,17H2,1-2H3. The molecule has 0 heterocycles. The Bertz CT molecular complexity index is 464. The first-order valence-corrected chi connectivity index (χ1v) is 6.41. The number of benzene rings is 1. The van der Waals surface area contributed by atoms with Crippen molar-refractivity contribution in [2.75, 3.05) is 13.2 Å². The zero-order valence-corrected chi connectivity index (χ0v) is 11.6. The van der Waals surface area contributed by atoms with Crippen molar-refractivity contribution in [2.24, 2.45) is 5.73 Å². The van der Waals surface area contributed by atoms with Gasteiger partial charge in [-0.25, -0.2) is 8.78 Å². The maximum absolute atomic E-state index is 13.3. The van der Waals surface area contributed by atoms with Crippen molar-refractivity contribution in [1.82, 2.24) is 0 Å². The average Bonchev–Trinajstić information content (AvgIpc) is 2.37. The van der Waals surface area contributed by atoms with Gasteiger partial charge < -0.3 is 15.2 Å². The van der Waals surface area contributed by atoms with E-state index in [1.54, 1.807) is 13.8 Å². The molecule has 0 saturated heterocycles. The molecule has 0 aliphatic heterocycles. The zero-order valence-electron chi connectivity index (χ0n) is 11.6. The van der Waals surface area contributed by atoms with Gasteiger partial charge in [0.1, 0.15) is 11.4 Å². The number of nitrogens with two attached hydrogens (primary N) is 1. The van der Waals surface area contributed by atoms with Crippen LogP contribution in [0.25, 0.3) is 0 Å². The van der Waals surface area contributed by atoms with E-state index in [1.807, 2.05) is 0 Å². The molecule has 6 heteroatoms. The van der Waals surface area contributed by atoms with Crippen LogP contribution >= 0.6 is 0 Å². The summed E-state index contributed by atoms with van der Waals surface area (Å²) in [4.78, 5) is 11.5. The third-order valence-corrected chi connectivity index (χ3v) is 2.73. The van der Waals surface area contributed by atoms with Crippen molar-refractivity contribution in [3.63, 3.8) is 0 Å². The molecule has 1 aromatic carbocycles. The van der Waals surface area contributed by atoms with Crippen LogP contribution in [0.3, 0.4) is 0 Å². The van der Waals surface area contributed by atoms with Crippen molar-refractivity contribution in [2.45, 2.75) is 32.2 Å². The first-order chi connectivity index (χ1) is 9.36. The van der Waals surface area contributed by atoms with Crippen molar-refractivity contribution in [1.29, 1.82) is 0 Å². The highest BCUT2D eigenvalue weighted by atomic mass is 19.1. The maximum Gasteiger partial charge on any atom is 0.325 e. The summed E-state index contributed by atoms with van der Waals surface area (Å²) in [6.45, 7) is 3.72. The van der Waals surface area contributed by atoms with E-state index in [2.05, 4.69) is 0 Å². The van der Waals surface area contributed by atoms with E-state index >= 15 is 0 Å². The maximum atomic E-state index is 13.3. The molecule has 0 saturated carbocycles. The number of hydrogen-bond acceptors (Lipinski definition) is 4. The van der Waals surface area contributed by atoms with Crippen molar-refractivity contribution >= 4 is 5.97 Å². The lowest BCUT2D eigenvalue weighted by molar-refractivity contribution is -0.149. The van der Waals surface area contributed by atoms with Crippen LogP contribution in [0.15, 0.2) is 18.2 Å². The number of esters is 1. The molecule has 0 radical (unpaired) electrons. The lowest BCUT2D eigenvalue weighted by Crippen LogP contribution is -2.46. The highest BCUT2D eigenvalue weighted by Crippen LogP contribution is 2.18. The van der Waals surface area contributed by atoms with E-state index in [-0.39, 0.29) is 19.0 Å². The fraction of sp³-hybridized carbons (Fsp3) is 0.500. The molecule has 0 aromatic heterocycles. The smallest absolute Gasteiger partial charge is 0.325 e. The fourth-order valence-electron chi connectivity index (χ4n) is 1.61. The van der Waals surface area contributed by atoms with Gasteiger partial charge in [0.2, 0.25) is 0 Å². The Morgan fingerprint density at radius 3 is 2.70 bits per heavy atom. The number of rotatable bonds is 7. The molecule has 1 rings (SSSR count). The quantitative estimate of drug-likeness (QED) is 0.618. The van der Waals surface area contributed by atoms with E-state index in [1.165, 1.54) is 6.07 Å².